The van der Waals surface area contributed by atoms with E-state index in [1.807, 2.05) is 0 Å². The summed E-state index contributed by atoms with van der Waals surface area (Å²) in [6.07, 6.45) is -0.0508. The maximum atomic E-state index is 11.6. The summed E-state index contributed by atoms with van der Waals surface area (Å²) in [7, 11) is 0. The maximum absolute atomic E-state index is 11.6. The Morgan fingerprint density at radius 1 is 1.44 bits per heavy atom. The van der Waals surface area contributed by atoms with E-state index >= 15 is 0 Å². The number of nitrogens with zero attached hydrogens (tertiary/aromatic N) is 1. The van der Waals surface area contributed by atoms with Crippen LogP contribution >= 0.6 is 11.6 Å². The van der Waals surface area contributed by atoms with Crippen LogP contribution < -0.4 is 10.6 Å². The highest BCUT2D eigenvalue weighted by molar-refractivity contribution is 6.31. The molecule has 0 radical (unpaired) electrons. The third-order valence-corrected chi connectivity index (χ3v) is 2.59. The molecule has 16 heavy (non-hydrogen) atoms. The predicted molar refractivity (Wildman–Crippen MR) is 58.2 cm³/mol. The first kappa shape index (κ1) is 10.9. The van der Waals surface area contributed by atoms with E-state index in [2.05, 4.69) is 0 Å². The number of hydrogen-bond acceptors (Lipinski definition) is 4. The molecule has 0 aliphatic carbocycles. The van der Waals surface area contributed by atoms with Crippen molar-refractivity contribution in [1.29, 1.82) is 0 Å². The molecule has 0 saturated carbocycles. The number of benzene rings is 1. The number of imide groups is 1. The van der Waals surface area contributed by atoms with Gasteiger partial charge in [-0.15, -0.1) is 0 Å². The number of phenolic OH excluding ortho intramolecular Hbond substituents is 1. The molecular formula is C10H9ClN2O3. The van der Waals surface area contributed by atoms with Crippen LogP contribution in [-0.2, 0) is 9.59 Å². The molecule has 1 aliphatic heterocycles. The molecule has 0 aromatic heterocycles. The van der Waals surface area contributed by atoms with E-state index in [-0.39, 0.29) is 17.9 Å². The number of carbonyl (C=O) groups is 2. The Morgan fingerprint density at radius 3 is 2.69 bits per heavy atom. The maximum Gasteiger partial charge on any atom is 0.251 e. The second-order valence-corrected chi connectivity index (χ2v) is 3.95. The SMILES string of the molecule is N[C@@H]1CC(=O)N(c2cc(Cl)ccc2O)C1=O. The standard InChI is InChI=1S/C10H9ClN2O3/c11-5-1-2-8(14)7(3-5)13-9(15)4-6(12)10(13)16/h1-3,6,14H,4,12H2/t6-/m1/s1. The Hall–Kier alpha value is -1.59. The zero-order valence-corrected chi connectivity index (χ0v) is 8.94. The van der Waals surface area contributed by atoms with Gasteiger partial charge in [0.2, 0.25) is 5.91 Å². The average molecular weight is 241 g/mol. The molecule has 1 aromatic carbocycles. The first-order valence-corrected chi connectivity index (χ1v) is 4.99. The minimum absolute atomic E-state index is 0.0508. The molecule has 1 aliphatic rings. The van der Waals surface area contributed by atoms with Crippen molar-refractivity contribution in [1.82, 2.24) is 0 Å². The van der Waals surface area contributed by atoms with Gasteiger partial charge in [0.05, 0.1) is 18.2 Å². The van der Waals surface area contributed by atoms with Crippen molar-refractivity contribution >= 4 is 29.1 Å². The van der Waals surface area contributed by atoms with Gasteiger partial charge < -0.3 is 10.8 Å². The average Bonchev–Trinajstić information content (AvgIpc) is 2.46. The second kappa shape index (κ2) is 3.77. The molecule has 1 aromatic rings. The molecule has 2 amide bonds. The number of halogens is 1. The summed E-state index contributed by atoms with van der Waals surface area (Å²) in [4.78, 5) is 24.0. The lowest BCUT2D eigenvalue weighted by atomic mass is 10.2. The Morgan fingerprint density at radius 2 is 2.12 bits per heavy atom. The summed E-state index contributed by atoms with van der Waals surface area (Å²) in [5.41, 5.74) is 5.54. The Kier molecular flexibility index (Phi) is 2.57. The number of nitrogens with two attached hydrogens (primary N) is 1. The fraction of sp³-hybridized carbons (Fsp3) is 0.200. The molecule has 1 saturated heterocycles. The van der Waals surface area contributed by atoms with Gasteiger partial charge in [-0.3, -0.25) is 9.59 Å². The molecule has 0 spiro atoms. The van der Waals surface area contributed by atoms with Crippen LogP contribution in [0.5, 0.6) is 5.75 Å². The van der Waals surface area contributed by atoms with Crippen molar-refractivity contribution in [3.63, 3.8) is 0 Å². The number of phenols is 1. The van der Waals surface area contributed by atoms with Crippen LogP contribution in [0.1, 0.15) is 6.42 Å². The monoisotopic (exact) mass is 240 g/mol. The van der Waals surface area contributed by atoms with Crippen LogP contribution in [0.4, 0.5) is 5.69 Å². The van der Waals surface area contributed by atoms with Crippen molar-refractivity contribution in [2.45, 2.75) is 12.5 Å². The summed E-state index contributed by atoms with van der Waals surface area (Å²) in [5, 5.41) is 9.90. The normalized spacial score (nSPS) is 20.6. The van der Waals surface area contributed by atoms with Gasteiger partial charge in [0.15, 0.2) is 0 Å². The van der Waals surface area contributed by atoms with Crippen molar-refractivity contribution in [3.8, 4) is 5.75 Å². The van der Waals surface area contributed by atoms with E-state index in [1.165, 1.54) is 18.2 Å². The number of hydrogen-bond donors (Lipinski definition) is 2. The summed E-state index contributed by atoms with van der Waals surface area (Å²) < 4.78 is 0. The molecule has 0 bridgehead atoms. The van der Waals surface area contributed by atoms with Gasteiger partial charge in [0.25, 0.3) is 5.91 Å². The highest BCUT2D eigenvalue weighted by Gasteiger charge is 2.38. The van der Waals surface area contributed by atoms with Crippen molar-refractivity contribution in [3.05, 3.63) is 23.2 Å². The lowest BCUT2D eigenvalue weighted by molar-refractivity contribution is -0.121. The lowest BCUT2D eigenvalue weighted by Crippen LogP contribution is -2.35. The summed E-state index contributed by atoms with van der Waals surface area (Å²) in [6.45, 7) is 0. The van der Waals surface area contributed by atoms with Gasteiger partial charge in [-0.25, -0.2) is 4.90 Å². The van der Waals surface area contributed by atoms with E-state index in [0.717, 1.165) is 4.90 Å². The van der Waals surface area contributed by atoms with Gasteiger partial charge in [-0.05, 0) is 18.2 Å². The number of carbonyl (C=O) groups excluding carboxylic acids is 2. The Balaban J connectivity index is 2.48. The lowest BCUT2D eigenvalue weighted by Gasteiger charge is -2.15. The van der Waals surface area contributed by atoms with Crippen LogP contribution in [0.2, 0.25) is 5.02 Å². The Bertz CT molecular complexity index is 475. The number of aromatic hydroxyl groups is 1. The van der Waals surface area contributed by atoms with E-state index in [4.69, 9.17) is 17.3 Å². The van der Waals surface area contributed by atoms with Crippen LogP contribution in [0.3, 0.4) is 0 Å². The molecule has 2 rings (SSSR count). The number of amides is 2. The van der Waals surface area contributed by atoms with E-state index in [0.29, 0.717) is 5.02 Å². The van der Waals surface area contributed by atoms with Gasteiger partial charge in [-0.1, -0.05) is 11.6 Å². The molecule has 0 unspecified atom stereocenters. The van der Waals surface area contributed by atoms with Gasteiger partial charge in [0, 0.05) is 5.02 Å². The van der Waals surface area contributed by atoms with Crippen LogP contribution in [0.25, 0.3) is 0 Å². The summed E-state index contributed by atoms with van der Waals surface area (Å²) in [6, 6.07) is 3.30. The first-order valence-electron chi connectivity index (χ1n) is 4.61. The van der Waals surface area contributed by atoms with Gasteiger partial charge in [-0.2, -0.15) is 0 Å². The second-order valence-electron chi connectivity index (χ2n) is 3.51. The molecule has 84 valence electrons. The van der Waals surface area contributed by atoms with Crippen molar-refractivity contribution in [2.24, 2.45) is 5.73 Å². The highest BCUT2D eigenvalue weighted by Crippen LogP contribution is 2.33. The largest absolute Gasteiger partial charge is 0.506 e. The highest BCUT2D eigenvalue weighted by atomic mass is 35.5. The predicted octanol–water partition coefficient (Wildman–Crippen LogP) is 0.636. The third-order valence-electron chi connectivity index (χ3n) is 2.36. The van der Waals surface area contributed by atoms with Crippen LogP contribution in [0, 0.1) is 0 Å². The van der Waals surface area contributed by atoms with E-state index in [9.17, 15) is 14.7 Å². The topological polar surface area (TPSA) is 83.6 Å². The van der Waals surface area contributed by atoms with Crippen molar-refractivity contribution < 1.29 is 14.7 Å². The Labute approximate surface area is 96.4 Å². The van der Waals surface area contributed by atoms with Gasteiger partial charge >= 0.3 is 0 Å². The number of rotatable bonds is 1. The molecular weight excluding hydrogens is 232 g/mol. The molecule has 6 heteroatoms. The summed E-state index contributed by atoms with van der Waals surface area (Å²) >= 11 is 5.74. The third kappa shape index (κ3) is 1.64. The van der Waals surface area contributed by atoms with E-state index < -0.39 is 17.9 Å². The quantitative estimate of drug-likeness (QED) is 0.706. The smallest absolute Gasteiger partial charge is 0.251 e. The molecule has 1 heterocycles. The minimum atomic E-state index is -0.842. The first-order chi connectivity index (χ1) is 7.50. The fourth-order valence-electron chi connectivity index (χ4n) is 1.58. The van der Waals surface area contributed by atoms with Gasteiger partial charge in [0.1, 0.15) is 5.75 Å². The zero-order chi connectivity index (χ0) is 11.9. The number of anilines is 1. The molecule has 5 nitrogen and oxygen atoms in total. The minimum Gasteiger partial charge on any atom is -0.506 e. The van der Waals surface area contributed by atoms with Crippen molar-refractivity contribution in [2.75, 3.05) is 4.90 Å². The molecule has 3 N–H and O–H groups in total. The van der Waals surface area contributed by atoms with Crippen LogP contribution in [-0.4, -0.2) is 23.0 Å². The molecule has 1 fully saturated rings. The molecule has 1 atom stereocenters. The van der Waals surface area contributed by atoms with Crippen LogP contribution in [0.15, 0.2) is 18.2 Å². The fourth-order valence-corrected chi connectivity index (χ4v) is 1.75. The van der Waals surface area contributed by atoms with E-state index in [1.54, 1.807) is 0 Å². The summed E-state index contributed by atoms with van der Waals surface area (Å²) in [5.74, 6) is -1.14. The zero-order valence-electron chi connectivity index (χ0n) is 8.18.